The van der Waals surface area contributed by atoms with Crippen LogP contribution < -0.4 is 10.0 Å². The van der Waals surface area contributed by atoms with Crippen LogP contribution in [-0.2, 0) is 24.3 Å². The number of hydrogen-bond acceptors (Lipinski definition) is 6. The SMILES string of the molecule is CC(=O)Nc1ccc(C(=O)COC(=O)CNS(=O)(=O)c2ccccc2)c(F)c1. The van der Waals surface area contributed by atoms with Crippen LogP contribution in [0.15, 0.2) is 53.4 Å². The first kappa shape index (κ1) is 21.2. The highest BCUT2D eigenvalue weighted by molar-refractivity contribution is 7.89. The monoisotopic (exact) mass is 408 g/mol. The van der Waals surface area contributed by atoms with Gasteiger partial charge in [0.2, 0.25) is 21.7 Å². The second kappa shape index (κ2) is 9.20. The Labute approximate surface area is 160 Å². The van der Waals surface area contributed by atoms with Gasteiger partial charge >= 0.3 is 5.97 Å². The van der Waals surface area contributed by atoms with Gasteiger partial charge in [0.15, 0.2) is 6.61 Å². The zero-order chi connectivity index (χ0) is 20.7. The van der Waals surface area contributed by atoms with Crippen molar-refractivity contribution < 1.29 is 31.9 Å². The Morgan fingerprint density at radius 3 is 2.36 bits per heavy atom. The van der Waals surface area contributed by atoms with Crippen molar-refractivity contribution in [2.75, 3.05) is 18.5 Å². The van der Waals surface area contributed by atoms with E-state index in [0.29, 0.717) is 0 Å². The molecule has 0 fully saturated rings. The van der Waals surface area contributed by atoms with Crippen molar-refractivity contribution in [3.63, 3.8) is 0 Å². The van der Waals surface area contributed by atoms with Crippen LogP contribution in [0.1, 0.15) is 17.3 Å². The molecule has 0 unspecified atom stereocenters. The molecule has 8 nitrogen and oxygen atoms in total. The number of Topliss-reactive ketones (excluding diaryl/α,β-unsaturated/α-hetero) is 1. The number of esters is 1. The summed E-state index contributed by atoms with van der Waals surface area (Å²) in [6, 6.07) is 10.8. The van der Waals surface area contributed by atoms with E-state index >= 15 is 0 Å². The number of hydrogen-bond donors (Lipinski definition) is 2. The molecule has 0 bridgehead atoms. The fraction of sp³-hybridized carbons (Fsp3) is 0.167. The Bertz CT molecular complexity index is 992. The molecule has 0 saturated carbocycles. The van der Waals surface area contributed by atoms with Gasteiger partial charge in [-0.3, -0.25) is 14.4 Å². The van der Waals surface area contributed by atoms with Gasteiger partial charge < -0.3 is 10.1 Å². The molecule has 2 aromatic carbocycles. The third-order valence-electron chi connectivity index (χ3n) is 3.41. The molecule has 0 saturated heterocycles. The van der Waals surface area contributed by atoms with E-state index in [1.165, 1.54) is 37.3 Å². The first-order valence-corrected chi connectivity index (χ1v) is 9.48. The second-order valence-electron chi connectivity index (χ2n) is 5.60. The summed E-state index contributed by atoms with van der Waals surface area (Å²) in [5.41, 5.74) is -0.152. The van der Waals surface area contributed by atoms with Gasteiger partial charge in [-0.25, -0.2) is 12.8 Å². The third kappa shape index (κ3) is 5.96. The van der Waals surface area contributed by atoms with Crippen LogP contribution in [0.5, 0.6) is 0 Å². The third-order valence-corrected chi connectivity index (χ3v) is 4.83. The van der Waals surface area contributed by atoms with Crippen LogP contribution in [0, 0.1) is 5.82 Å². The van der Waals surface area contributed by atoms with E-state index in [9.17, 15) is 27.2 Å². The molecular weight excluding hydrogens is 391 g/mol. The van der Waals surface area contributed by atoms with E-state index in [2.05, 4.69) is 10.1 Å². The summed E-state index contributed by atoms with van der Waals surface area (Å²) in [4.78, 5) is 34.6. The van der Waals surface area contributed by atoms with Crippen LogP contribution in [0.2, 0.25) is 0 Å². The van der Waals surface area contributed by atoms with Crippen molar-refractivity contribution in [2.45, 2.75) is 11.8 Å². The molecule has 0 aliphatic heterocycles. The number of halogens is 1. The molecule has 2 rings (SSSR count). The van der Waals surface area contributed by atoms with Crippen LogP contribution in [0.25, 0.3) is 0 Å². The standard InChI is InChI=1S/C18H17FN2O6S/c1-12(22)21-13-7-8-15(16(19)9-13)17(23)11-27-18(24)10-20-28(25,26)14-5-3-2-4-6-14/h2-9,20H,10-11H2,1H3,(H,21,22). The minimum Gasteiger partial charge on any atom is -0.456 e. The van der Waals surface area contributed by atoms with Crippen molar-refractivity contribution in [1.29, 1.82) is 0 Å². The molecular formula is C18H17FN2O6S. The number of benzene rings is 2. The molecule has 10 heteroatoms. The lowest BCUT2D eigenvalue weighted by Crippen LogP contribution is -2.31. The van der Waals surface area contributed by atoms with Gasteiger partial charge in [0.1, 0.15) is 12.4 Å². The van der Waals surface area contributed by atoms with Crippen molar-refractivity contribution >= 4 is 33.4 Å². The van der Waals surface area contributed by atoms with Crippen LogP contribution in [0.4, 0.5) is 10.1 Å². The summed E-state index contributed by atoms with van der Waals surface area (Å²) < 4.78 is 44.7. The Kier molecular flexibility index (Phi) is 6.96. The van der Waals surface area contributed by atoms with Gasteiger partial charge in [-0.2, -0.15) is 4.72 Å². The highest BCUT2D eigenvalue weighted by Crippen LogP contribution is 2.15. The summed E-state index contributed by atoms with van der Waals surface area (Å²) in [6.45, 7) is -0.195. The molecule has 0 atom stereocenters. The summed E-state index contributed by atoms with van der Waals surface area (Å²) in [6.07, 6.45) is 0. The molecule has 0 heterocycles. The first-order valence-electron chi connectivity index (χ1n) is 8.00. The lowest BCUT2D eigenvalue weighted by molar-refractivity contribution is -0.141. The van der Waals surface area contributed by atoms with E-state index in [-0.39, 0.29) is 16.1 Å². The quantitative estimate of drug-likeness (QED) is 0.505. The lowest BCUT2D eigenvalue weighted by atomic mass is 10.1. The number of carbonyl (C=O) groups is 3. The van der Waals surface area contributed by atoms with E-state index in [4.69, 9.17) is 0 Å². The number of carbonyl (C=O) groups excluding carboxylic acids is 3. The second-order valence-corrected chi connectivity index (χ2v) is 7.36. The maximum Gasteiger partial charge on any atom is 0.321 e. The van der Waals surface area contributed by atoms with E-state index in [0.717, 1.165) is 12.1 Å². The van der Waals surface area contributed by atoms with Gasteiger partial charge in [0.25, 0.3) is 0 Å². The molecule has 28 heavy (non-hydrogen) atoms. The number of nitrogens with one attached hydrogen (secondary N) is 2. The summed E-state index contributed by atoms with van der Waals surface area (Å²) in [7, 11) is -3.90. The molecule has 0 radical (unpaired) electrons. The van der Waals surface area contributed by atoms with Gasteiger partial charge in [-0.1, -0.05) is 18.2 Å². The maximum atomic E-state index is 14.0. The molecule has 0 aliphatic carbocycles. The van der Waals surface area contributed by atoms with Gasteiger partial charge in [0, 0.05) is 12.6 Å². The van der Waals surface area contributed by atoms with Crippen molar-refractivity contribution in [1.82, 2.24) is 4.72 Å². The van der Waals surface area contributed by atoms with Crippen LogP contribution in [-0.4, -0.2) is 39.2 Å². The van der Waals surface area contributed by atoms with Crippen LogP contribution >= 0.6 is 0 Å². The van der Waals surface area contributed by atoms with E-state index in [1.54, 1.807) is 6.07 Å². The zero-order valence-electron chi connectivity index (χ0n) is 14.8. The zero-order valence-corrected chi connectivity index (χ0v) is 15.6. The summed E-state index contributed by atoms with van der Waals surface area (Å²) in [5, 5.41) is 2.37. The molecule has 2 N–H and O–H groups in total. The smallest absolute Gasteiger partial charge is 0.321 e. The van der Waals surface area contributed by atoms with Crippen molar-refractivity contribution in [3.8, 4) is 0 Å². The number of ether oxygens (including phenoxy) is 1. The normalized spacial score (nSPS) is 10.9. The fourth-order valence-electron chi connectivity index (χ4n) is 2.13. The van der Waals surface area contributed by atoms with Gasteiger partial charge in [0.05, 0.1) is 10.5 Å². The van der Waals surface area contributed by atoms with Crippen LogP contribution in [0.3, 0.4) is 0 Å². The molecule has 1 amide bonds. The number of rotatable bonds is 8. The Morgan fingerprint density at radius 1 is 1.07 bits per heavy atom. The molecule has 0 spiro atoms. The first-order chi connectivity index (χ1) is 13.2. The number of sulfonamides is 1. The minimum atomic E-state index is -3.90. The number of ketones is 1. The Morgan fingerprint density at radius 2 is 1.75 bits per heavy atom. The maximum absolute atomic E-state index is 14.0. The van der Waals surface area contributed by atoms with E-state index in [1.807, 2.05) is 4.72 Å². The highest BCUT2D eigenvalue weighted by atomic mass is 32.2. The van der Waals surface area contributed by atoms with Gasteiger partial charge in [-0.15, -0.1) is 0 Å². The minimum absolute atomic E-state index is 0.0276. The van der Waals surface area contributed by atoms with Crippen molar-refractivity contribution in [3.05, 3.63) is 59.9 Å². The van der Waals surface area contributed by atoms with E-state index < -0.39 is 46.7 Å². The largest absolute Gasteiger partial charge is 0.456 e. The number of anilines is 1. The highest BCUT2D eigenvalue weighted by Gasteiger charge is 2.18. The average molecular weight is 408 g/mol. The predicted octanol–water partition coefficient (Wildman–Crippen LogP) is 1.49. The van der Waals surface area contributed by atoms with Gasteiger partial charge in [-0.05, 0) is 30.3 Å². The lowest BCUT2D eigenvalue weighted by Gasteiger charge is -2.08. The van der Waals surface area contributed by atoms with Crippen molar-refractivity contribution in [2.24, 2.45) is 0 Å². The fourth-order valence-corrected chi connectivity index (χ4v) is 3.12. The number of amides is 1. The Hall–Kier alpha value is -3.11. The predicted molar refractivity (Wildman–Crippen MR) is 97.6 cm³/mol. The average Bonchev–Trinajstić information content (AvgIpc) is 2.65. The molecule has 2 aromatic rings. The Balaban J connectivity index is 1.89. The molecule has 0 aromatic heterocycles. The molecule has 148 valence electrons. The molecule has 0 aliphatic rings. The summed E-state index contributed by atoms with van der Waals surface area (Å²) >= 11 is 0. The topological polar surface area (TPSA) is 119 Å². The summed E-state index contributed by atoms with van der Waals surface area (Å²) in [5.74, 6) is -3.10.